The topological polar surface area (TPSA) is 22.8 Å². The first kappa shape index (κ1) is 64.1. The third-order valence-electron chi connectivity index (χ3n) is 26.5. The highest BCUT2D eigenvalue weighted by Crippen LogP contribution is 2.59. The predicted octanol–water partition coefficient (Wildman–Crippen LogP) is 26.9. The normalized spacial score (nSPS) is 13.0. The lowest BCUT2D eigenvalue weighted by Gasteiger charge is -2.43. The molecule has 0 amide bonds. The molecule has 4 aliphatic rings. The second-order valence-electron chi connectivity index (χ2n) is 32.7. The standard InChI is InChI=1S/C110H66B2N6/c1-7-27-73-53-83(47-41-67(73)21-1)113(84-48-42-68-22-2-8-28-74(68)54-84)89-63-93-105-103-91-37-17-19-39-97(91)118-110(103)106(104-92-38-18-20-40-98(92)117(109(104)105)111-95-59-79-33-13-15-35-81(79)61-99(95)115(101(65-89)107(93)111)87-51-45-71-25-5-11-31-77(71)57-87)94-64-90(114(85-49-43-69-23-3-9-29-75(69)55-85)86-50-44-70-24-4-10-30-76(70)56-86)66-102-108(94)112(118)96-60-80-34-14-16-36-82(80)62-100(96)116(102)88-52-46-72-26-6-12-32-78(72)58-88/h1-66H. The smallest absolute Gasteiger partial charge is 0.333 e. The van der Waals surface area contributed by atoms with Crippen LogP contribution in [-0.4, -0.2) is 22.7 Å². The number of rotatable bonds is 8. The molecule has 0 N–H and O–H groups in total. The molecule has 2 aromatic heterocycles. The van der Waals surface area contributed by atoms with E-state index < -0.39 is 0 Å². The van der Waals surface area contributed by atoms with Gasteiger partial charge in [0.1, 0.15) is 0 Å². The van der Waals surface area contributed by atoms with Gasteiger partial charge >= 0.3 is 13.7 Å². The molecule has 21 aromatic carbocycles. The van der Waals surface area contributed by atoms with Crippen LogP contribution in [0.3, 0.4) is 0 Å². The molecule has 23 aromatic rings. The lowest BCUT2D eigenvalue weighted by molar-refractivity contribution is 1.24. The molecule has 0 radical (unpaired) electrons. The van der Waals surface area contributed by atoms with Crippen LogP contribution in [0.5, 0.6) is 0 Å². The molecule has 0 aliphatic carbocycles. The Kier molecular flexibility index (Phi) is 13.1. The summed E-state index contributed by atoms with van der Waals surface area (Å²) in [6.45, 7) is -0.621. The third-order valence-corrected chi connectivity index (χ3v) is 26.5. The Labute approximate surface area is 680 Å². The second kappa shape index (κ2) is 24.1. The van der Waals surface area contributed by atoms with Crippen LogP contribution in [0.2, 0.25) is 0 Å². The fourth-order valence-corrected chi connectivity index (χ4v) is 21.5. The molecule has 4 aliphatic heterocycles. The SMILES string of the molecule is c1ccc2cc(N(c3cc4c5c(c3)N(c3ccc6ccccc6c3)c3cc6ccccc6cc3B5n3c5ccccc5c5c6c7c(c-4c53)c3ccccc3n7B3c4cc5ccccc5cc4N(c4ccc5ccccc5c4)c4cc(N(c5ccc7ccccc7c5)c5ccc7ccccc7c5)cc-6c43)c3ccc4ccccc4c3)ccc2c1. The van der Waals surface area contributed by atoms with Crippen LogP contribution in [0, 0.1) is 0 Å². The van der Waals surface area contributed by atoms with Gasteiger partial charge < -0.3 is 28.6 Å². The van der Waals surface area contributed by atoms with Crippen LogP contribution >= 0.6 is 0 Å². The lowest BCUT2D eigenvalue weighted by Crippen LogP contribution is -2.57. The van der Waals surface area contributed by atoms with E-state index in [-0.39, 0.29) is 13.7 Å². The van der Waals surface area contributed by atoms with E-state index in [1.54, 1.807) is 0 Å². The quantitative estimate of drug-likeness (QED) is 0.141. The van der Waals surface area contributed by atoms with Crippen molar-refractivity contribution >= 4 is 234 Å². The summed E-state index contributed by atoms with van der Waals surface area (Å²) in [4.78, 5) is 10.4. The predicted molar refractivity (Wildman–Crippen MR) is 503 cm³/mol. The van der Waals surface area contributed by atoms with Gasteiger partial charge in [0, 0.05) is 123 Å². The molecule has 118 heavy (non-hydrogen) atoms. The Morgan fingerprint density at radius 3 is 0.805 bits per heavy atom. The zero-order valence-corrected chi connectivity index (χ0v) is 63.9. The highest BCUT2D eigenvalue weighted by molar-refractivity contribution is 6.92. The maximum Gasteiger partial charge on any atom is 0.333 e. The van der Waals surface area contributed by atoms with Gasteiger partial charge in [-0.15, -0.1) is 0 Å². The number of fused-ring (bicyclic) bond motifs is 24. The highest BCUT2D eigenvalue weighted by Gasteiger charge is 2.50. The van der Waals surface area contributed by atoms with Crippen molar-refractivity contribution in [2.45, 2.75) is 0 Å². The summed E-state index contributed by atoms with van der Waals surface area (Å²) in [7, 11) is 0. The summed E-state index contributed by atoms with van der Waals surface area (Å²) in [6.07, 6.45) is 0. The first-order chi connectivity index (χ1) is 58.5. The Hall–Kier alpha value is -15.4. The van der Waals surface area contributed by atoms with Crippen molar-refractivity contribution in [2.75, 3.05) is 19.6 Å². The van der Waals surface area contributed by atoms with Gasteiger partial charge in [-0.05, 0) is 240 Å². The molecule has 0 unspecified atom stereocenters. The Morgan fingerprint density at radius 1 is 0.203 bits per heavy atom. The maximum absolute atomic E-state index is 2.82. The molecule has 0 fully saturated rings. The molecule has 6 heterocycles. The summed E-state index contributed by atoms with van der Waals surface area (Å²) >= 11 is 0. The van der Waals surface area contributed by atoms with E-state index >= 15 is 0 Å². The minimum atomic E-state index is -0.311. The Balaban J connectivity index is 0.846. The van der Waals surface area contributed by atoms with E-state index in [9.17, 15) is 0 Å². The zero-order valence-electron chi connectivity index (χ0n) is 63.9. The average Bonchev–Trinajstić information content (AvgIpc) is 1.45. The van der Waals surface area contributed by atoms with E-state index in [0.717, 1.165) is 68.2 Å². The molecule has 8 heteroatoms. The van der Waals surface area contributed by atoms with Crippen LogP contribution in [0.15, 0.2) is 400 Å². The minimum Gasteiger partial charge on any atom is -0.375 e. The van der Waals surface area contributed by atoms with Gasteiger partial charge in [0.05, 0.1) is 0 Å². The van der Waals surface area contributed by atoms with E-state index in [1.807, 2.05) is 0 Å². The maximum atomic E-state index is 2.82. The molecule has 0 atom stereocenters. The largest absolute Gasteiger partial charge is 0.375 e. The first-order valence-corrected chi connectivity index (χ1v) is 41.1. The molecular formula is C110H66B2N6. The van der Waals surface area contributed by atoms with Gasteiger partial charge in [0.15, 0.2) is 0 Å². The first-order valence-electron chi connectivity index (χ1n) is 41.1. The molecule has 0 saturated heterocycles. The molecular weight excluding hydrogens is 1430 g/mol. The molecule has 0 bridgehead atoms. The molecule has 0 saturated carbocycles. The van der Waals surface area contributed by atoms with E-state index in [2.05, 4.69) is 429 Å². The van der Waals surface area contributed by atoms with Gasteiger partial charge in [-0.25, -0.2) is 0 Å². The third kappa shape index (κ3) is 9.03. The van der Waals surface area contributed by atoms with Crippen LogP contribution in [0.25, 0.3) is 152 Å². The number of nitrogens with zero attached hydrogens (tertiary/aromatic N) is 6. The number of para-hydroxylation sites is 2. The van der Waals surface area contributed by atoms with E-state index in [1.165, 1.54) is 174 Å². The summed E-state index contributed by atoms with van der Waals surface area (Å²) in [5, 5.41) is 23.9. The van der Waals surface area contributed by atoms with E-state index in [0.29, 0.717) is 0 Å². The molecule has 0 spiro atoms. The summed E-state index contributed by atoms with van der Waals surface area (Å²) in [5.41, 5.74) is 27.9. The lowest BCUT2D eigenvalue weighted by atomic mass is 9.44. The number of hydrogen-bond donors (Lipinski definition) is 0. The van der Waals surface area contributed by atoms with Gasteiger partial charge in [-0.1, -0.05) is 279 Å². The van der Waals surface area contributed by atoms with Crippen LogP contribution in [-0.2, 0) is 0 Å². The van der Waals surface area contributed by atoms with Gasteiger partial charge in [0.25, 0.3) is 0 Å². The molecule has 6 nitrogen and oxygen atoms in total. The molecule has 542 valence electrons. The fraction of sp³-hybridized carbons (Fsp3) is 0. The van der Waals surface area contributed by atoms with Crippen LogP contribution in [0.1, 0.15) is 0 Å². The Morgan fingerprint density at radius 2 is 0.475 bits per heavy atom. The van der Waals surface area contributed by atoms with Crippen molar-refractivity contribution in [2.24, 2.45) is 0 Å². The van der Waals surface area contributed by atoms with Crippen LogP contribution < -0.4 is 41.5 Å². The molecule has 27 rings (SSSR count). The van der Waals surface area contributed by atoms with Gasteiger partial charge in [-0.2, -0.15) is 0 Å². The number of aromatic nitrogens is 2. The van der Waals surface area contributed by atoms with Crippen LogP contribution in [0.4, 0.5) is 68.2 Å². The van der Waals surface area contributed by atoms with Crippen molar-refractivity contribution in [1.82, 2.24) is 8.96 Å². The second-order valence-corrected chi connectivity index (χ2v) is 32.7. The van der Waals surface area contributed by atoms with E-state index in [4.69, 9.17) is 0 Å². The zero-order chi connectivity index (χ0) is 76.7. The summed E-state index contributed by atoms with van der Waals surface area (Å²) < 4.78 is 5.65. The summed E-state index contributed by atoms with van der Waals surface area (Å²) in [6, 6.07) is 153. The monoisotopic (exact) mass is 1490 g/mol. The van der Waals surface area contributed by atoms with Crippen molar-refractivity contribution in [3.05, 3.63) is 400 Å². The van der Waals surface area contributed by atoms with Crippen molar-refractivity contribution in [1.29, 1.82) is 0 Å². The van der Waals surface area contributed by atoms with Crippen molar-refractivity contribution in [3.8, 4) is 22.3 Å². The highest BCUT2D eigenvalue weighted by atomic mass is 15.2. The number of anilines is 12. The fourth-order valence-electron chi connectivity index (χ4n) is 21.5. The van der Waals surface area contributed by atoms with Gasteiger partial charge in [-0.3, -0.25) is 0 Å². The number of hydrogen-bond acceptors (Lipinski definition) is 4. The van der Waals surface area contributed by atoms with Crippen molar-refractivity contribution in [3.63, 3.8) is 0 Å². The van der Waals surface area contributed by atoms with Gasteiger partial charge in [0.2, 0.25) is 0 Å². The number of benzene rings is 21. The summed E-state index contributed by atoms with van der Waals surface area (Å²) in [5.74, 6) is 0. The minimum absolute atomic E-state index is 0.311. The average molecular weight is 1490 g/mol. The Bertz CT molecular complexity index is 7770. The van der Waals surface area contributed by atoms with Crippen molar-refractivity contribution < 1.29 is 0 Å².